The highest BCUT2D eigenvalue weighted by Crippen LogP contribution is 2.43. The number of nitrogens with zero attached hydrogens (tertiary/aromatic N) is 2. The Kier molecular flexibility index (Phi) is 7.14. The summed E-state index contributed by atoms with van der Waals surface area (Å²) in [5.41, 5.74) is 0.518. The van der Waals surface area contributed by atoms with Gasteiger partial charge in [0.1, 0.15) is 12.6 Å². The van der Waals surface area contributed by atoms with Crippen LogP contribution in [-0.4, -0.2) is 57.6 Å². The van der Waals surface area contributed by atoms with E-state index in [4.69, 9.17) is 4.74 Å². The normalized spacial score (nSPS) is 23.6. The van der Waals surface area contributed by atoms with Crippen LogP contribution in [0.15, 0.2) is 64.4 Å². The fourth-order valence-corrected chi connectivity index (χ4v) is 7.80. The number of ether oxygens (including phenoxy) is 1. The Morgan fingerprint density at radius 2 is 1.65 bits per heavy atom. The Morgan fingerprint density at radius 1 is 0.971 bits per heavy atom. The first-order valence-corrected chi connectivity index (χ1v) is 14.3. The molecule has 0 spiro atoms. The lowest BCUT2D eigenvalue weighted by molar-refractivity contribution is -0.149. The van der Waals surface area contributed by atoms with Crippen LogP contribution in [0.5, 0.6) is 0 Å². The van der Waals surface area contributed by atoms with E-state index >= 15 is 0 Å². The molecule has 2 aromatic carbocycles. The van der Waals surface area contributed by atoms with Gasteiger partial charge < -0.3 is 4.74 Å². The molecule has 0 bridgehead atoms. The average Bonchev–Trinajstić information content (AvgIpc) is 3.24. The van der Waals surface area contributed by atoms with Crippen molar-refractivity contribution in [2.24, 2.45) is 5.92 Å². The molecule has 0 radical (unpaired) electrons. The minimum Gasteiger partial charge on any atom is -0.460 e. The van der Waals surface area contributed by atoms with Crippen molar-refractivity contribution in [2.75, 3.05) is 14.1 Å². The smallest absolute Gasteiger partial charge is 0.324 e. The van der Waals surface area contributed by atoms with E-state index in [-0.39, 0.29) is 28.4 Å². The lowest BCUT2D eigenvalue weighted by Crippen LogP contribution is -2.46. The van der Waals surface area contributed by atoms with E-state index in [1.54, 1.807) is 42.5 Å². The Labute approximate surface area is 201 Å². The molecule has 0 unspecified atom stereocenters. The predicted molar refractivity (Wildman–Crippen MR) is 127 cm³/mol. The number of hydrogen-bond donors (Lipinski definition) is 0. The fourth-order valence-electron chi connectivity index (χ4n) is 4.94. The second-order valence-corrected chi connectivity index (χ2v) is 13.0. The molecule has 1 saturated heterocycles. The molecule has 3 atom stereocenters. The van der Waals surface area contributed by atoms with Gasteiger partial charge in [0.05, 0.1) is 9.79 Å². The summed E-state index contributed by atoms with van der Waals surface area (Å²) < 4.78 is 60.0. The first-order valence-electron chi connectivity index (χ1n) is 11.4. The molecule has 4 rings (SSSR count). The maximum absolute atomic E-state index is 13.5. The van der Waals surface area contributed by atoms with Gasteiger partial charge >= 0.3 is 5.97 Å². The van der Waals surface area contributed by atoms with Crippen LogP contribution in [0.2, 0.25) is 0 Å². The largest absolute Gasteiger partial charge is 0.460 e. The summed E-state index contributed by atoms with van der Waals surface area (Å²) in [6, 6.07) is 13.3. The lowest BCUT2D eigenvalue weighted by atomic mass is 9.85. The van der Waals surface area contributed by atoms with Gasteiger partial charge in [-0.2, -0.15) is 4.31 Å². The van der Waals surface area contributed by atoms with E-state index in [0.29, 0.717) is 12.0 Å². The zero-order valence-electron chi connectivity index (χ0n) is 19.3. The first-order chi connectivity index (χ1) is 16.1. The average molecular weight is 507 g/mol. The summed E-state index contributed by atoms with van der Waals surface area (Å²) in [5.74, 6) is -0.479. The van der Waals surface area contributed by atoms with Crippen molar-refractivity contribution in [2.45, 2.75) is 60.6 Å². The Balaban J connectivity index is 1.56. The van der Waals surface area contributed by atoms with E-state index in [1.807, 2.05) is 0 Å². The van der Waals surface area contributed by atoms with Crippen LogP contribution in [0.3, 0.4) is 0 Å². The molecule has 1 saturated carbocycles. The molecule has 2 fully saturated rings. The maximum atomic E-state index is 13.5. The molecular weight excluding hydrogens is 476 g/mol. The van der Waals surface area contributed by atoms with Crippen LogP contribution in [0.1, 0.15) is 37.7 Å². The molecule has 1 heterocycles. The number of carbonyl (C=O) groups excluding carboxylic acids is 1. The van der Waals surface area contributed by atoms with Crippen LogP contribution in [0.25, 0.3) is 0 Å². The first kappa shape index (κ1) is 24.8. The van der Waals surface area contributed by atoms with Crippen molar-refractivity contribution in [1.82, 2.24) is 8.61 Å². The molecule has 2 aromatic rings. The summed E-state index contributed by atoms with van der Waals surface area (Å²) in [4.78, 5) is 13.5. The van der Waals surface area contributed by atoms with E-state index in [1.165, 1.54) is 30.5 Å². The zero-order valence-corrected chi connectivity index (χ0v) is 21.0. The van der Waals surface area contributed by atoms with E-state index in [0.717, 1.165) is 30.0 Å². The summed E-state index contributed by atoms with van der Waals surface area (Å²) >= 11 is 0. The minimum absolute atomic E-state index is 0.103. The lowest BCUT2D eigenvalue weighted by Gasteiger charge is -2.32. The highest BCUT2D eigenvalue weighted by Gasteiger charge is 2.51. The second kappa shape index (κ2) is 9.77. The molecule has 0 N–H and O–H groups in total. The predicted octanol–water partition coefficient (Wildman–Crippen LogP) is 3.00. The standard InChI is InChI=1S/C24H30N2O6S2/c1-25(2)33(28,29)21-13-8-9-18(15-21)17-32-24(27)23-16-19-10-6-7-14-22(19)26(23)34(30,31)20-11-4-3-5-12-20/h3-5,8-9,11-13,15,19,22-23H,6-7,10,14,16-17H2,1-2H3/t19-,22-,23+/m1/s1. The second-order valence-electron chi connectivity index (χ2n) is 9.05. The van der Waals surface area contributed by atoms with Gasteiger partial charge in [-0.15, -0.1) is 0 Å². The topological polar surface area (TPSA) is 101 Å². The highest BCUT2D eigenvalue weighted by molar-refractivity contribution is 7.89. The zero-order chi connectivity index (χ0) is 24.5. The highest BCUT2D eigenvalue weighted by atomic mass is 32.2. The SMILES string of the molecule is CN(C)S(=O)(=O)c1cccc(COC(=O)[C@@H]2C[C@H]3CCCC[C@H]3N2S(=O)(=O)c2ccccc2)c1. The van der Waals surface area contributed by atoms with Crippen molar-refractivity contribution in [3.8, 4) is 0 Å². The molecular formula is C24H30N2O6S2. The van der Waals surface area contributed by atoms with Crippen LogP contribution in [-0.2, 0) is 36.2 Å². The van der Waals surface area contributed by atoms with Crippen molar-refractivity contribution in [3.63, 3.8) is 0 Å². The van der Waals surface area contributed by atoms with Gasteiger partial charge in [0.2, 0.25) is 20.0 Å². The Morgan fingerprint density at radius 3 is 2.35 bits per heavy atom. The van der Waals surface area contributed by atoms with E-state index < -0.39 is 32.1 Å². The van der Waals surface area contributed by atoms with Gasteiger partial charge in [-0.3, -0.25) is 4.79 Å². The molecule has 8 nitrogen and oxygen atoms in total. The molecule has 0 aromatic heterocycles. The molecule has 1 aliphatic heterocycles. The van der Waals surface area contributed by atoms with Gasteiger partial charge in [-0.25, -0.2) is 21.1 Å². The molecule has 34 heavy (non-hydrogen) atoms. The van der Waals surface area contributed by atoms with E-state index in [9.17, 15) is 21.6 Å². The van der Waals surface area contributed by atoms with Gasteiger partial charge in [-0.1, -0.05) is 43.2 Å². The number of sulfonamides is 2. The third-order valence-electron chi connectivity index (χ3n) is 6.68. The molecule has 2 aliphatic rings. The summed E-state index contributed by atoms with van der Waals surface area (Å²) in [7, 11) is -4.60. The van der Waals surface area contributed by atoms with Crippen LogP contribution < -0.4 is 0 Å². The van der Waals surface area contributed by atoms with Crippen molar-refractivity contribution in [3.05, 3.63) is 60.2 Å². The summed E-state index contributed by atoms with van der Waals surface area (Å²) in [5, 5.41) is 0. The monoisotopic (exact) mass is 506 g/mol. The molecule has 1 aliphatic carbocycles. The number of hydrogen-bond acceptors (Lipinski definition) is 6. The maximum Gasteiger partial charge on any atom is 0.324 e. The number of carbonyl (C=O) groups is 1. The van der Waals surface area contributed by atoms with Gasteiger partial charge in [0.15, 0.2) is 0 Å². The molecule has 10 heteroatoms. The minimum atomic E-state index is -3.87. The van der Waals surface area contributed by atoms with Crippen molar-refractivity contribution >= 4 is 26.0 Å². The van der Waals surface area contributed by atoms with Gasteiger partial charge in [0, 0.05) is 20.1 Å². The number of fused-ring (bicyclic) bond motifs is 1. The van der Waals surface area contributed by atoms with Crippen LogP contribution >= 0.6 is 0 Å². The number of rotatable bonds is 7. The molecule has 184 valence electrons. The third kappa shape index (κ3) is 4.77. The molecule has 0 amide bonds. The van der Waals surface area contributed by atoms with Crippen molar-refractivity contribution < 1.29 is 26.4 Å². The Hall–Kier alpha value is -2.27. The summed E-state index contributed by atoms with van der Waals surface area (Å²) in [6.45, 7) is -0.138. The van der Waals surface area contributed by atoms with Gasteiger partial charge in [-0.05, 0) is 55.0 Å². The third-order valence-corrected chi connectivity index (χ3v) is 10.4. The number of benzene rings is 2. The van der Waals surface area contributed by atoms with Gasteiger partial charge in [0.25, 0.3) is 0 Å². The van der Waals surface area contributed by atoms with Crippen LogP contribution in [0.4, 0.5) is 0 Å². The summed E-state index contributed by atoms with van der Waals surface area (Å²) in [6.07, 6.45) is 4.00. The number of esters is 1. The van der Waals surface area contributed by atoms with E-state index in [2.05, 4.69) is 0 Å². The fraction of sp³-hybridized carbons (Fsp3) is 0.458. The Bertz CT molecular complexity index is 1250. The van der Waals surface area contributed by atoms with Crippen molar-refractivity contribution in [1.29, 1.82) is 0 Å². The van der Waals surface area contributed by atoms with Crippen LogP contribution in [0, 0.1) is 5.92 Å². The quantitative estimate of drug-likeness (QED) is 0.535.